The van der Waals surface area contributed by atoms with Crippen molar-refractivity contribution in [3.05, 3.63) is 22.7 Å². The first-order valence-corrected chi connectivity index (χ1v) is 4.00. The summed E-state index contributed by atoms with van der Waals surface area (Å²) >= 11 is 0. The van der Waals surface area contributed by atoms with E-state index in [9.17, 15) is 4.79 Å². The van der Waals surface area contributed by atoms with E-state index in [4.69, 9.17) is 9.52 Å². The van der Waals surface area contributed by atoms with Gasteiger partial charge in [0.05, 0.1) is 0 Å². The number of allylic oxidation sites excluding steroid dienone is 2. The highest BCUT2D eigenvalue weighted by Crippen LogP contribution is 2.12. The minimum absolute atomic E-state index is 0.361. The molecule has 0 saturated heterocycles. The van der Waals surface area contributed by atoms with Crippen molar-refractivity contribution >= 4 is 16.7 Å². The van der Waals surface area contributed by atoms with Crippen LogP contribution >= 0.6 is 0 Å². The van der Waals surface area contributed by atoms with Crippen LogP contribution in [0.15, 0.2) is 22.7 Å². The minimum atomic E-state index is -0.744. The molecule has 0 saturated carbocycles. The van der Waals surface area contributed by atoms with Crippen LogP contribution in [0.3, 0.4) is 0 Å². The Balaban J connectivity index is 2.61. The predicted octanol–water partition coefficient (Wildman–Crippen LogP) is 1.30. The summed E-state index contributed by atoms with van der Waals surface area (Å²) in [5.41, 5.74) is 0. The van der Waals surface area contributed by atoms with Gasteiger partial charge in [0, 0.05) is 6.92 Å². The van der Waals surface area contributed by atoms with Crippen LogP contribution in [-0.2, 0) is 20.2 Å². The highest BCUT2D eigenvalue weighted by atomic mass is 32.2. The van der Waals surface area contributed by atoms with E-state index in [1.807, 2.05) is 0 Å². The Labute approximate surface area is 61.3 Å². The molecule has 0 aromatic rings. The molecule has 1 aliphatic heterocycles. The van der Waals surface area contributed by atoms with Crippen molar-refractivity contribution in [2.24, 2.45) is 0 Å². The predicted molar refractivity (Wildman–Crippen MR) is 39.1 cm³/mol. The Morgan fingerprint density at radius 1 is 1.80 bits per heavy atom. The van der Waals surface area contributed by atoms with Gasteiger partial charge in [-0.2, -0.15) is 0 Å². The maximum atomic E-state index is 10.4. The van der Waals surface area contributed by atoms with Crippen LogP contribution in [0, 0.1) is 4.78 Å². The smallest absolute Gasteiger partial charge is 0.308 e. The highest BCUT2D eigenvalue weighted by molar-refractivity contribution is 7.92. The molecule has 1 heterocycles. The average molecular weight is 157 g/mol. The van der Waals surface area contributed by atoms with Crippen molar-refractivity contribution in [3.8, 4) is 0 Å². The second-order valence-corrected chi connectivity index (χ2v) is 3.10. The monoisotopic (exact) mass is 157 g/mol. The summed E-state index contributed by atoms with van der Waals surface area (Å²) in [6.07, 6.45) is 3.35. The fourth-order valence-electron chi connectivity index (χ4n) is 0.557. The molecule has 0 bridgehead atoms. The van der Waals surface area contributed by atoms with E-state index < -0.39 is 10.7 Å². The Hall–Kier alpha value is -0.900. The largest absolute Gasteiger partial charge is 0.418 e. The third-order valence-corrected chi connectivity index (χ3v) is 1.99. The first-order valence-electron chi connectivity index (χ1n) is 2.71. The molecule has 4 heteroatoms. The second kappa shape index (κ2) is 2.79. The SMILES string of the molecule is CC(=O)OC1=CC=CS1=N. The van der Waals surface area contributed by atoms with Crippen LogP contribution < -0.4 is 0 Å². The lowest BCUT2D eigenvalue weighted by Gasteiger charge is -2.00. The maximum Gasteiger partial charge on any atom is 0.308 e. The molecule has 1 N–H and O–H groups in total. The number of rotatable bonds is 1. The van der Waals surface area contributed by atoms with E-state index in [-0.39, 0.29) is 5.97 Å². The summed E-state index contributed by atoms with van der Waals surface area (Å²) in [7, 11) is -0.744. The van der Waals surface area contributed by atoms with Crippen LogP contribution in [0.5, 0.6) is 0 Å². The Morgan fingerprint density at radius 3 is 2.90 bits per heavy atom. The van der Waals surface area contributed by atoms with Gasteiger partial charge in [-0.3, -0.25) is 9.57 Å². The lowest BCUT2D eigenvalue weighted by Crippen LogP contribution is -1.99. The highest BCUT2D eigenvalue weighted by Gasteiger charge is 2.07. The van der Waals surface area contributed by atoms with Gasteiger partial charge >= 0.3 is 5.97 Å². The summed E-state index contributed by atoms with van der Waals surface area (Å²) < 4.78 is 12.0. The van der Waals surface area contributed by atoms with Gasteiger partial charge in [0.25, 0.3) is 0 Å². The van der Waals surface area contributed by atoms with Gasteiger partial charge in [-0.15, -0.1) is 0 Å². The first-order chi connectivity index (χ1) is 4.70. The van der Waals surface area contributed by atoms with Crippen LogP contribution in [0.1, 0.15) is 6.92 Å². The lowest BCUT2D eigenvalue weighted by molar-refractivity contribution is -0.135. The maximum absolute atomic E-state index is 10.4. The van der Waals surface area contributed by atoms with Gasteiger partial charge in [0.15, 0.2) is 5.09 Å². The lowest BCUT2D eigenvalue weighted by atomic mass is 10.6. The fraction of sp³-hybridized carbons (Fsp3) is 0.167. The molecule has 0 aliphatic carbocycles. The zero-order valence-corrected chi connectivity index (χ0v) is 6.27. The zero-order chi connectivity index (χ0) is 7.56. The van der Waals surface area contributed by atoms with E-state index in [0.717, 1.165) is 0 Å². The molecule has 0 fully saturated rings. The third kappa shape index (κ3) is 1.54. The summed E-state index contributed by atoms with van der Waals surface area (Å²) in [5.74, 6) is -0.361. The van der Waals surface area contributed by atoms with Crippen LogP contribution in [-0.4, -0.2) is 5.97 Å². The number of nitrogens with one attached hydrogen (secondary N) is 1. The molecule has 0 radical (unpaired) electrons. The Bertz CT molecular complexity index is 242. The summed E-state index contributed by atoms with van der Waals surface area (Å²) in [4.78, 5) is 10.4. The zero-order valence-electron chi connectivity index (χ0n) is 5.46. The molecular weight excluding hydrogens is 150 g/mol. The Morgan fingerprint density at radius 2 is 2.50 bits per heavy atom. The van der Waals surface area contributed by atoms with Gasteiger partial charge in [0.1, 0.15) is 0 Å². The second-order valence-electron chi connectivity index (χ2n) is 1.75. The number of carbonyl (C=O) groups excluding carboxylic acids is 1. The van der Waals surface area contributed by atoms with Crippen molar-refractivity contribution in [1.29, 1.82) is 4.78 Å². The van der Waals surface area contributed by atoms with Crippen molar-refractivity contribution in [3.63, 3.8) is 0 Å². The van der Waals surface area contributed by atoms with Gasteiger partial charge in [-0.25, -0.2) is 0 Å². The van der Waals surface area contributed by atoms with E-state index in [1.54, 1.807) is 17.6 Å². The molecule has 3 nitrogen and oxygen atoms in total. The average Bonchev–Trinajstić information content (AvgIpc) is 2.15. The number of esters is 1. The number of hydrogen-bond acceptors (Lipinski definition) is 3. The quantitative estimate of drug-likeness (QED) is 0.583. The fourth-order valence-corrected chi connectivity index (χ4v) is 1.36. The molecule has 0 amide bonds. The minimum Gasteiger partial charge on any atom is -0.418 e. The normalized spacial score (nSPS) is 22.5. The van der Waals surface area contributed by atoms with Crippen LogP contribution in [0.25, 0.3) is 0 Å². The van der Waals surface area contributed by atoms with E-state index in [0.29, 0.717) is 5.09 Å². The molecule has 1 aliphatic rings. The molecule has 0 aromatic carbocycles. The van der Waals surface area contributed by atoms with Crippen molar-refractivity contribution < 1.29 is 9.53 Å². The number of hydrogen-bond donors (Lipinski definition) is 1. The summed E-state index contributed by atoms with van der Waals surface area (Å²) in [6, 6.07) is 0. The topological polar surface area (TPSA) is 50.2 Å². The van der Waals surface area contributed by atoms with Gasteiger partial charge in [-0.1, -0.05) is 6.08 Å². The molecule has 10 heavy (non-hydrogen) atoms. The number of carbonyl (C=O) groups is 1. The van der Waals surface area contributed by atoms with Gasteiger partial charge in [-0.05, 0) is 22.2 Å². The van der Waals surface area contributed by atoms with Crippen molar-refractivity contribution in [2.45, 2.75) is 6.92 Å². The molecule has 1 unspecified atom stereocenters. The van der Waals surface area contributed by atoms with Crippen LogP contribution in [0.2, 0.25) is 0 Å². The van der Waals surface area contributed by atoms with Gasteiger partial charge in [0.2, 0.25) is 0 Å². The molecule has 0 aromatic heterocycles. The van der Waals surface area contributed by atoms with E-state index >= 15 is 0 Å². The Kier molecular flexibility index (Phi) is 2.01. The number of ether oxygens (including phenoxy) is 1. The summed E-state index contributed by atoms with van der Waals surface area (Å²) in [6.45, 7) is 1.33. The standard InChI is InChI=1S/C6H7NO2S/c1-5(8)9-6-3-2-4-10(6)7/h2-4,7H,1H3. The third-order valence-electron chi connectivity index (χ3n) is 0.908. The molecule has 1 atom stereocenters. The molecule has 54 valence electrons. The van der Waals surface area contributed by atoms with E-state index in [2.05, 4.69) is 0 Å². The first kappa shape index (κ1) is 7.21. The molecule has 1 rings (SSSR count). The van der Waals surface area contributed by atoms with Crippen LogP contribution in [0.4, 0.5) is 0 Å². The van der Waals surface area contributed by atoms with Gasteiger partial charge < -0.3 is 4.74 Å². The molecular formula is C6H7NO2S. The summed E-state index contributed by atoms with van der Waals surface area (Å²) in [5, 5.41) is 2.12. The van der Waals surface area contributed by atoms with Crippen molar-refractivity contribution in [1.82, 2.24) is 0 Å². The van der Waals surface area contributed by atoms with E-state index in [1.165, 1.54) is 6.92 Å². The van der Waals surface area contributed by atoms with Crippen molar-refractivity contribution in [2.75, 3.05) is 0 Å². The molecule has 0 spiro atoms.